The van der Waals surface area contributed by atoms with Crippen molar-refractivity contribution in [1.82, 2.24) is 9.97 Å². The minimum atomic E-state index is 0.274. The fourth-order valence-corrected chi connectivity index (χ4v) is 1.34. The molecule has 0 spiro atoms. The molecule has 5 nitrogen and oxygen atoms in total. The van der Waals surface area contributed by atoms with E-state index in [4.69, 9.17) is 10.5 Å². The molecule has 5 heteroatoms. The molecule has 0 amide bonds. The van der Waals surface area contributed by atoms with Gasteiger partial charge in [0.1, 0.15) is 11.5 Å². The third-order valence-corrected chi connectivity index (χ3v) is 2.14. The molecule has 0 unspecified atom stereocenters. The maximum Gasteiger partial charge on any atom is 0.242 e. The Labute approximate surface area is 103 Å². The predicted octanol–water partition coefficient (Wildman–Crippen LogP) is 2.23. The molecular formula is C12H22N4O. The van der Waals surface area contributed by atoms with Crippen LogP contribution in [0.1, 0.15) is 39.9 Å². The van der Waals surface area contributed by atoms with Crippen LogP contribution >= 0.6 is 0 Å². The van der Waals surface area contributed by atoms with Gasteiger partial charge in [-0.1, -0.05) is 13.8 Å². The van der Waals surface area contributed by atoms with Crippen LogP contribution in [0.4, 0.5) is 11.5 Å². The molecule has 1 aromatic rings. The molecule has 0 aliphatic carbocycles. The predicted molar refractivity (Wildman–Crippen MR) is 70.4 cm³/mol. The van der Waals surface area contributed by atoms with Gasteiger partial charge in [0.15, 0.2) is 5.82 Å². The van der Waals surface area contributed by atoms with Crippen LogP contribution in [-0.4, -0.2) is 22.6 Å². The molecule has 3 N–H and O–H groups in total. The van der Waals surface area contributed by atoms with Gasteiger partial charge in [-0.2, -0.15) is 4.98 Å². The standard InChI is InChI=1S/C12H22N4O/c1-5-7-17-12-10(13)11(14-8(3)4)15-9(6-2)16-12/h8H,5-7,13H2,1-4H3,(H,14,15,16). The largest absolute Gasteiger partial charge is 0.476 e. The second-order valence-corrected chi connectivity index (χ2v) is 4.21. The molecule has 1 aromatic heterocycles. The highest BCUT2D eigenvalue weighted by Gasteiger charge is 2.12. The molecule has 96 valence electrons. The average Bonchev–Trinajstić information content (AvgIpc) is 2.29. The first-order valence-electron chi connectivity index (χ1n) is 6.14. The van der Waals surface area contributed by atoms with E-state index in [9.17, 15) is 0 Å². The molecule has 0 aliphatic heterocycles. The second kappa shape index (κ2) is 6.27. The number of nitrogens with zero attached hydrogens (tertiary/aromatic N) is 2. The third-order valence-electron chi connectivity index (χ3n) is 2.14. The van der Waals surface area contributed by atoms with Gasteiger partial charge < -0.3 is 15.8 Å². The number of ether oxygens (including phenoxy) is 1. The number of aryl methyl sites for hydroxylation is 1. The highest BCUT2D eigenvalue weighted by molar-refractivity contribution is 5.67. The van der Waals surface area contributed by atoms with Gasteiger partial charge in [-0.3, -0.25) is 0 Å². The number of rotatable bonds is 6. The molecule has 0 aliphatic rings. The summed E-state index contributed by atoms with van der Waals surface area (Å²) < 4.78 is 5.53. The first-order chi connectivity index (χ1) is 8.08. The number of nitrogen functional groups attached to an aromatic ring is 1. The van der Waals surface area contributed by atoms with Gasteiger partial charge in [0.05, 0.1) is 6.61 Å². The van der Waals surface area contributed by atoms with Crippen LogP contribution < -0.4 is 15.8 Å². The highest BCUT2D eigenvalue weighted by atomic mass is 16.5. The molecule has 17 heavy (non-hydrogen) atoms. The molecule has 1 rings (SSSR count). The van der Waals surface area contributed by atoms with Gasteiger partial charge >= 0.3 is 0 Å². The number of anilines is 2. The summed E-state index contributed by atoms with van der Waals surface area (Å²) in [6.45, 7) is 8.75. The van der Waals surface area contributed by atoms with Gasteiger partial charge in [-0.25, -0.2) is 4.98 Å². The zero-order valence-corrected chi connectivity index (χ0v) is 11.1. The minimum absolute atomic E-state index is 0.274. The normalized spacial score (nSPS) is 10.6. The molecular weight excluding hydrogens is 216 g/mol. The zero-order valence-electron chi connectivity index (χ0n) is 11.1. The summed E-state index contributed by atoms with van der Waals surface area (Å²) in [6.07, 6.45) is 1.69. The molecule has 0 saturated heterocycles. The van der Waals surface area contributed by atoms with Crippen molar-refractivity contribution in [3.05, 3.63) is 5.82 Å². The van der Waals surface area contributed by atoms with E-state index in [2.05, 4.69) is 15.3 Å². The van der Waals surface area contributed by atoms with Crippen molar-refractivity contribution in [2.45, 2.75) is 46.6 Å². The van der Waals surface area contributed by atoms with Gasteiger partial charge in [0.2, 0.25) is 5.88 Å². The zero-order chi connectivity index (χ0) is 12.8. The summed E-state index contributed by atoms with van der Waals surface area (Å²) >= 11 is 0. The van der Waals surface area contributed by atoms with Crippen molar-refractivity contribution in [3.8, 4) is 5.88 Å². The van der Waals surface area contributed by atoms with E-state index < -0.39 is 0 Å². The number of nitrogens with one attached hydrogen (secondary N) is 1. The smallest absolute Gasteiger partial charge is 0.242 e. The van der Waals surface area contributed by atoms with Gasteiger partial charge in [-0.15, -0.1) is 0 Å². The second-order valence-electron chi connectivity index (χ2n) is 4.21. The fourth-order valence-electron chi connectivity index (χ4n) is 1.34. The summed E-state index contributed by atoms with van der Waals surface area (Å²) in [5.74, 6) is 1.90. The van der Waals surface area contributed by atoms with E-state index in [1.54, 1.807) is 0 Å². The van der Waals surface area contributed by atoms with Crippen LogP contribution in [0.2, 0.25) is 0 Å². The number of nitrogens with two attached hydrogens (primary N) is 1. The summed E-state index contributed by atoms with van der Waals surface area (Å²) in [4.78, 5) is 8.67. The van der Waals surface area contributed by atoms with E-state index in [1.165, 1.54) is 0 Å². The maximum absolute atomic E-state index is 5.98. The first-order valence-corrected chi connectivity index (χ1v) is 6.14. The Morgan fingerprint density at radius 2 is 2.00 bits per heavy atom. The van der Waals surface area contributed by atoms with Crippen LogP contribution in [0.3, 0.4) is 0 Å². The number of aromatic nitrogens is 2. The Morgan fingerprint density at radius 1 is 1.29 bits per heavy atom. The van der Waals surface area contributed by atoms with Gasteiger partial charge in [0, 0.05) is 12.5 Å². The van der Waals surface area contributed by atoms with E-state index in [1.807, 2.05) is 27.7 Å². The lowest BCUT2D eigenvalue weighted by Gasteiger charge is -2.15. The van der Waals surface area contributed by atoms with E-state index in [0.717, 1.165) is 18.7 Å². The summed E-state index contributed by atoms with van der Waals surface area (Å²) in [5.41, 5.74) is 6.47. The maximum atomic E-state index is 5.98. The Hall–Kier alpha value is -1.52. The SMILES string of the molecule is CCCOc1nc(CC)nc(NC(C)C)c1N. The quantitative estimate of drug-likeness (QED) is 0.795. The highest BCUT2D eigenvalue weighted by Crippen LogP contribution is 2.26. The van der Waals surface area contributed by atoms with Crippen LogP contribution in [0.5, 0.6) is 5.88 Å². The van der Waals surface area contributed by atoms with Crippen molar-refractivity contribution in [2.75, 3.05) is 17.7 Å². The number of hydrogen-bond donors (Lipinski definition) is 2. The molecule has 1 heterocycles. The first kappa shape index (κ1) is 13.5. The Morgan fingerprint density at radius 3 is 2.53 bits per heavy atom. The number of hydrogen-bond acceptors (Lipinski definition) is 5. The van der Waals surface area contributed by atoms with Crippen molar-refractivity contribution < 1.29 is 4.74 Å². The monoisotopic (exact) mass is 238 g/mol. The summed E-state index contributed by atoms with van der Waals surface area (Å²) in [6, 6.07) is 0.274. The van der Waals surface area contributed by atoms with Gasteiger partial charge in [0.25, 0.3) is 0 Å². The van der Waals surface area contributed by atoms with Crippen molar-refractivity contribution in [3.63, 3.8) is 0 Å². The Bertz CT molecular complexity index is 366. The van der Waals surface area contributed by atoms with Crippen LogP contribution in [0, 0.1) is 0 Å². The van der Waals surface area contributed by atoms with E-state index >= 15 is 0 Å². The van der Waals surface area contributed by atoms with Gasteiger partial charge in [-0.05, 0) is 20.3 Å². The molecule has 0 radical (unpaired) electrons. The lowest BCUT2D eigenvalue weighted by Crippen LogP contribution is -2.15. The van der Waals surface area contributed by atoms with Crippen molar-refractivity contribution in [1.29, 1.82) is 0 Å². The Kier molecular flexibility index (Phi) is 5.00. The van der Waals surface area contributed by atoms with E-state index in [0.29, 0.717) is 24.0 Å². The molecule has 0 atom stereocenters. The van der Waals surface area contributed by atoms with Crippen LogP contribution in [0.15, 0.2) is 0 Å². The third kappa shape index (κ3) is 3.76. The minimum Gasteiger partial charge on any atom is -0.476 e. The summed E-state index contributed by atoms with van der Waals surface area (Å²) in [5, 5.41) is 3.21. The molecule has 0 bridgehead atoms. The topological polar surface area (TPSA) is 73.1 Å². The van der Waals surface area contributed by atoms with Crippen molar-refractivity contribution >= 4 is 11.5 Å². The Balaban J connectivity index is 3.02. The molecule has 0 aromatic carbocycles. The van der Waals surface area contributed by atoms with E-state index in [-0.39, 0.29) is 6.04 Å². The van der Waals surface area contributed by atoms with Crippen molar-refractivity contribution in [2.24, 2.45) is 0 Å². The van der Waals surface area contributed by atoms with Crippen LogP contribution in [-0.2, 0) is 6.42 Å². The molecule has 0 fully saturated rings. The molecule has 0 saturated carbocycles. The fraction of sp³-hybridized carbons (Fsp3) is 0.667. The average molecular weight is 238 g/mol. The van der Waals surface area contributed by atoms with Crippen LogP contribution in [0.25, 0.3) is 0 Å². The summed E-state index contributed by atoms with van der Waals surface area (Å²) in [7, 11) is 0. The lowest BCUT2D eigenvalue weighted by atomic mass is 10.3. The lowest BCUT2D eigenvalue weighted by molar-refractivity contribution is 0.305.